The van der Waals surface area contributed by atoms with Crippen molar-refractivity contribution in [1.82, 2.24) is 0 Å². The van der Waals surface area contributed by atoms with E-state index in [0.717, 1.165) is 62.5 Å². The van der Waals surface area contributed by atoms with Crippen LogP contribution in [0.3, 0.4) is 0 Å². The molecule has 10 nitrogen and oxygen atoms in total. The summed E-state index contributed by atoms with van der Waals surface area (Å²) < 4.78 is 0. The van der Waals surface area contributed by atoms with Crippen LogP contribution in [0.1, 0.15) is 51.3 Å². The number of rotatable bonds is 6. The summed E-state index contributed by atoms with van der Waals surface area (Å²) in [5.41, 5.74) is 5.11. The normalized spacial score (nSPS) is 7.61. The summed E-state index contributed by atoms with van der Waals surface area (Å²) in [6.07, 6.45) is 9.02. The van der Waals surface area contributed by atoms with Gasteiger partial charge in [-0.1, -0.05) is 81.5 Å². The van der Waals surface area contributed by atoms with E-state index in [4.69, 9.17) is 49.5 Å². The van der Waals surface area contributed by atoms with Gasteiger partial charge in [-0.3, -0.25) is 24.0 Å². The van der Waals surface area contributed by atoms with Crippen LogP contribution in [0.25, 0.3) is 17.7 Å². The Morgan fingerprint density at radius 3 is 1.11 bits per heavy atom. The maximum atomic E-state index is 9.00. The van der Waals surface area contributed by atoms with Crippen molar-refractivity contribution in [3.63, 3.8) is 0 Å². The Kier molecular flexibility index (Phi) is 32.0. The standard InChI is InChI=1S/C18H18.5C2H4O2/c1-6-14(7-2)16(9-4)18-13-11-12-15(8-3)17(18)10-5;5*1-2(3)4/h6-13H,1-5H2;5*1H3,(H,3,4). The van der Waals surface area contributed by atoms with Gasteiger partial charge in [0.15, 0.2) is 0 Å². The molecule has 1 aromatic carbocycles. The minimum Gasteiger partial charge on any atom is -0.481 e. The van der Waals surface area contributed by atoms with Gasteiger partial charge in [-0.2, -0.15) is 0 Å². The first kappa shape index (κ1) is 43.1. The first-order valence-corrected chi connectivity index (χ1v) is 10.4. The minimum absolute atomic E-state index is 0.833. The molecule has 5 N–H and O–H groups in total. The molecule has 0 atom stereocenters. The second kappa shape index (κ2) is 28.2. The van der Waals surface area contributed by atoms with Crippen LogP contribution < -0.4 is 0 Å². The summed E-state index contributed by atoms with van der Waals surface area (Å²) in [6, 6.07) is 6.04. The maximum absolute atomic E-state index is 9.00. The molecule has 0 unspecified atom stereocenters. The lowest BCUT2D eigenvalue weighted by atomic mass is 9.92. The Hall–Kier alpha value is -4.99. The Morgan fingerprint density at radius 2 is 0.895 bits per heavy atom. The fourth-order valence-corrected chi connectivity index (χ4v) is 1.91. The van der Waals surface area contributed by atoms with E-state index in [1.807, 2.05) is 36.4 Å². The lowest BCUT2D eigenvalue weighted by Crippen LogP contribution is -1.92. The number of benzene rings is 1. The van der Waals surface area contributed by atoms with Gasteiger partial charge in [-0.25, -0.2) is 0 Å². The van der Waals surface area contributed by atoms with Crippen LogP contribution in [0.5, 0.6) is 0 Å². The fraction of sp³-hybridized carbons (Fsp3) is 0.179. The molecule has 0 amide bonds. The second-order valence-corrected chi connectivity index (χ2v) is 6.29. The molecule has 1 rings (SSSR count). The zero-order chi connectivity index (χ0) is 31.4. The summed E-state index contributed by atoms with van der Waals surface area (Å²) in [5, 5.41) is 37.1. The van der Waals surface area contributed by atoms with E-state index < -0.39 is 29.8 Å². The number of carboxylic acid groups (broad SMARTS) is 5. The molecule has 38 heavy (non-hydrogen) atoms. The van der Waals surface area contributed by atoms with Crippen molar-refractivity contribution in [2.24, 2.45) is 0 Å². The van der Waals surface area contributed by atoms with Gasteiger partial charge in [0.1, 0.15) is 0 Å². The van der Waals surface area contributed by atoms with Crippen molar-refractivity contribution in [3.05, 3.63) is 91.6 Å². The monoisotopic (exact) mass is 534 g/mol. The van der Waals surface area contributed by atoms with E-state index in [-0.39, 0.29) is 0 Å². The summed E-state index contributed by atoms with van der Waals surface area (Å²) in [6.45, 7) is 24.6. The molecule has 0 aromatic heterocycles. The highest BCUT2D eigenvalue weighted by atomic mass is 16.4. The molecule has 0 radical (unpaired) electrons. The predicted molar refractivity (Wildman–Crippen MR) is 151 cm³/mol. The quantitative estimate of drug-likeness (QED) is 0.282. The zero-order valence-electron chi connectivity index (χ0n) is 22.4. The van der Waals surface area contributed by atoms with Gasteiger partial charge in [0.2, 0.25) is 0 Å². The van der Waals surface area contributed by atoms with Crippen LogP contribution in [0, 0.1) is 0 Å². The van der Waals surface area contributed by atoms with Crippen LogP contribution in [0.15, 0.2) is 74.9 Å². The van der Waals surface area contributed by atoms with E-state index in [1.54, 1.807) is 12.2 Å². The van der Waals surface area contributed by atoms with Crippen molar-refractivity contribution in [2.75, 3.05) is 0 Å². The zero-order valence-corrected chi connectivity index (χ0v) is 22.4. The molecule has 210 valence electrons. The fourth-order valence-electron chi connectivity index (χ4n) is 1.91. The van der Waals surface area contributed by atoms with Crippen molar-refractivity contribution < 1.29 is 49.5 Å². The first-order valence-electron chi connectivity index (χ1n) is 10.4. The number of carbonyl (C=O) groups is 5. The molecule has 1 aromatic rings. The van der Waals surface area contributed by atoms with Gasteiger partial charge in [-0.15, -0.1) is 0 Å². The maximum Gasteiger partial charge on any atom is 0.300 e. The molecule has 0 aliphatic heterocycles. The summed E-state index contributed by atoms with van der Waals surface area (Å²) >= 11 is 0. The van der Waals surface area contributed by atoms with Crippen molar-refractivity contribution in [2.45, 2.75) is 34.6 Å². The topological polar surface area (TPSA) is 186 Å². The van der Waals surface area contributed by atoms with Crippen molar-refractivity contribution >= 4 is 47.6 Å². The van der Waals surface area contributed by atoms with Gasteiger partial charge in [0.25, 0.3) is 29.8 Å². The third-order valence-electron chi connectivity index (χ3n) is 2.81. The molecule has 0 spiro atoms. The molecular weight excluding hydrogens is 496 g/mol. The smallest absolute Gasteiger partial charge is 0.300 e. The molecule has 0 bridgehead atoms. The lowest BCUT2D eigenvalue weighted by Gasteiger charge is -2.12. The van der Waals surface area contributed by atoms with Gasteiger partial charge >= 0.3 is 0 Å². The van der Waals surface area contributed by atoms with E-state index in [0.29, 0.717) is 0 Å². The Morgan fingerprint density at radius 1 is 0.579 bits per heavy atom. The third kappa shape index (κ3) is 38.3. The summed E-state index contributed by atoms with van der Waals surface area (Å²) in [5.74, 6) is -4.17. The van der Waals surface area contributed by atoms with Crippen LogP contribution in [0.2, 0.25) is 0 Å². The summed E-state index contributed by atoms with van der Waals surface area (Å²) in [7, 11) is 0. The molecule has 0 heterocycles. The molecule has 10 heteroatoms. The van der Waals surface area contributed by atoms with Gasteiger partial charge in [0, 0.05) is 34.6 Å². The van der Waals surface area contributed by atoms with Crippen molar-refractivity contribution in [3.8, 4) is 0 Å². The molecule has 0 aliphatic rings. The van der Waals surface area contributed by atoms with E-state index >= 15 is 0 Å². The second-order valence-electron chi connectivity index (χ2n) is 6.29. The van der Waals surface area contributed by atoms with Crippen LogP contribution >= 0.6 is 0 Å². The Labute approximate surface area is 223 Å². The molecule has 0 aliphatic carbocycles. The van der Waals surface area contributed by atoms with E-state index in [9.17, 15) is 0 Å². The Bertz CT molecular complexity index is 899. The van der Waals surface area contributed by atoms with Crippen molar-refractivity contribution in [1.29, 1.82) is 0 Å². The highest BCUT2D eigenvalue weighted by Crippen LogP contribution is 2.28. The molecule has 0 saturated carbocycles. The van der Waals surface area contributed by atoms with Crippen LogP contribution in [0.4, 0.5) is 0 Å². The molecule has 0 fully saturated rings. The number of allylic oxidation sites excluding steroid dienone is 5. The SMILES string of the molecule is C=CC(C=C)=C(C=C)c1cccc(C=C)c1C=C.CC(=O)O.CC(=O)O.CC(=O)O.CC(=O)O.CC(=O)O. The van der Waals surface area contributed by atoms with E-state index in [1.165, 1.54) is 0 Å². The minimum atomic E-state index is -0.833. The first-order chi connectivity index (χ1) is 17.4. The molecule has 0 saturated heterocycles. The predicted octanol–water partition coefficient (Wildman–Crippen LogP) is 5.74. The Balaban J connectivity index is -0.000000148. The van der Waals surface area contributed by atoms with Gasteiger partial charge < -0.3 is 25.5 Å². The van der Waals surface area contributed by atoms with Gasteiger partial charge in [-0.05, 0) is 27.8 Å². The number of hydrogen-bond donors (Lipinski definition) is 5. The highest BCUT2D eigenvalue weighted by Gasteiger charge is 2.08. The third-order valence-corrected chi connectivity index (χ3v) is 2.81. The number of carboxylic acids is 5. The lowest BCUT2D eigenvalue weighted by molar-refractivity contribution is -0.135. The van der Waals surface area contributed by atoms with Crippen LogP contribution in [-0.4, -0.2) is 55.4 Å². The number of hydrogen-bond acceptors (Lipinski definition) is 5. The average Bonchev–Trinajstić information content (AvgIpc) is 2.75. The largest absolute Gasteiger partial charge is 0.481 e. The summed E-state index contributed by atoms with van der Waals surface area (Å²) in [4.78, 5) is 45.0. The molecular formula is C28H38O10. The highest BCUT2D eigenvalue weighted by molar-refractivity contribution is 5.86. The average molecular weight is 535 g/mol. The number of aliphatic carboxylic acids is 5. The van der Waals surface area contributed by atoms with Crippen LogP contribution in [-0.2, 0) is 24.0 Å². The van der Waals surface area contributed by atoms with Gasteiger partial charge in [0.05, 0.1) is 0 Å². The van der Waals surface area contributed by atoms with E-state index in [2.05, 4.69) is 32.9 Å².